The van der Waals surface area contributed by atoms with Gasteiger partial charge in [0.2, 0.25) is 0 Å². The summed E-state index contributed by atoms with van der Waals surface area (Å²) in [6.45, 7) is 5.03. The molecular weight excluding hydrogens is 140 g/mol. The van der Waals surface area contributed by atoms with Crippen molar-refractivity contribution < 1.29 is 9.47 Å². The Morgan fingerprint density at radius 2 is 2.27 bits per heavy atom. The van der Waals surface area contributed by atoms with Crippen LogP contribution in [0.3, 0.4) is 0 Å². The third-order valence-electron chi connectivity index (χ3n) is 2.14. The van der Waals surface area contributed by atoms with E-state index in [1.165, 1.54) is 12.8 Å². The summed E-state index contributed by atoms with van der Waals surface area (Å²) < 4.78 is 10.8. The Kier molecular flexibility index (Phi) is 2.90. The highest BCUT2D eigenvalue weighted by Crippen LogP contribution is 2.27. The molecule has 2 nitrogen and oxygen atoms in total. The topological polar surface area (TPSA) is 18.5 Å². The average Bonchev–Trinajstić information content (AvgIpc) is 1.85. The van der Waals surface area contributed by atoms with Crippen LogP contribution in [0.5, 0.6) is 0 Å². The lowest BCUT2D eigenvalue weighted by atomic mass is 9.95. The van der Waals surface area contributed by atoms with Crippen molar-refractivity contribution in [3.63, 3.8) is 0 Å². The van der Waals surface area contributed by atoms with Crippen LogP contribution in [-0.2, 0) is 9.47 Å². The Balaban J connectivity index is 2.34. The fourth-order valence-electron chi connectivity index (χ4n) is 1.63. The maximum Gasteiger partial charge on any atom is 0.0815 e. The van der Waals surface area contributed by atoms with E-state index in [4.69, 9.17) is 9.47 Å². The van der Waals surface area contributed by atoms with Crippen LogP contribution >= 0.6 is 0 Å². The molecule has 0 saturated carbocycles. The Bertz CT molecular complexity index is 119. The molecule has 1 aliphatic heterocycles. The molecule has 1 heterocycles. The molecule has 1 aliphatic rings. The van der Waals surface area contributed by atoms with Gasteiger partial charge in [0, 0.05) is 7.11 Å². The van der Waals surface area contributed by atoms with Crippen molar-refractivity contribution in [2.45, 2.75) is 44.8 Å². The largest absolute Gasteiger partial charge is 0.382 e. The first-order valence-corrected chi connectivity index (χ1v) is 4.31. The second kappa shape index (κ2) is 3.55. The zero-order chi connectivity index (χ0) is 8.32. The maximum absolute atomic E-state index is 5.79. The van der Waals surface area contributed by atoms with Crippen LogP contribution in [-0.4, -0.2) is 25.4 Å². The van der Waals surface area contributed by atoms with Crippen LogP contribution < -0.4 is 0 Å². The van der Waals surface area contributed by atoms with Gasteiger partial charge in [-0.15, -0.1) is 0 Å². The lowest BCUT2D eigenvalue weighted by Gasteiger charge is -2.35. The first kappa shape index (κ1) is 9.01. The molecule has 66 valence electrons. The summed E-state index contributed by atoms with van der Waals surface area (Å²) in [6, 6.07) is 0. The van der Waals surface area contributed by atoms with Gasteiger partial charge in [-0.1, -0.05) is 0 Å². The minimum Gasteiger partial charge on any atom is -0.382 e. The minimum atomic E-state index is 0.0709. The molecule has 0 N–H and O–H groups in total. The number of hydrogen-bond donors (Lipinski definition) is 0. The van der Waals surface area contributed by atoms with Crippen LogP contribution in [0.4, 0.5) is 0 Å². The van der Waals surface area contributed by atoms with Crippen molar-refractivity contribution in [3.8, 4) is 0 Å². The Hall–Kier alpha value is -0.0800. The molecule has 0 bridgehead atoms. The van der Waals surface area contributed by atoms with Gasteiger partial charge in [0.05, 0.1) is 18.3 Å². The van der Waals surface area contributed by atoms with Crippen molar-refractivity contribution in [2.75, 3.05) is 13.7 Å². The van der Waals surface area contributed by atoms with E-state index in [9.17, 15) is 0 Å². The molecule has 1 rings (SSSR count). The van der Waals surface area contributed by atoms with Crippen molar-refractivity contribution >= 4 is 0 Å². The molecule has 1 unspecified atom stereocenters. The lowest BCUT2D eigenvalue weighted by molar-refractivity contribution is -0.126. The van der Waals surface area contributed by atoms with Crippen molar-refractivity contribution in [3.05, 3.63) is 0 Å². The van der Waals surface area contributed by atoms with Gasteiger partial charge in [0.25, 0.3) is 0 Å². The SMILES string of the molecule is COCC1CCCC(C)(C)O1. The van der Waals surface area contributed by atoms with Crippen molar-refractivity contribution in [1.29, 1.82) is 0 Å². The van der Waals surface area contributed by atoms with Gasteiger partial charge in [-0.25, -0.2) is 0 Å². The van der Waals surface area contributed by atoms with Crippen LogP contribution in [0.25, 0.3) is 0 Å². The fourth-order valence-corrected chi connectivity index (χ4v) is 1.63. The average molecular weight is 158 g/mol. The highest BCUT2D eigenvalue weighted by molar-refractivity contribution is 4.77. The molecule has 1 atom stereocenters. The predicted molar refractivity (Wildman–Crippen MR) is 44.7 cm³/mol. The molecular formula is C9H18O2. The van der Waals surface area contributed by atoms with Crippen LogP contribution in [0.1, 0.15) is 33.1 Å². The van der Waals surface area contributed by atoms with Gasteiger partial charge in [0.1, 0.15) is 0 Å². The van der Waals surface area contributed by atoms with E-state index >= 15 is 0 Å². The summed E-state index contributed by atoms with van der Waals surface area (Å²) in [5, 5.41) is 0. The van der Waals surface area contributed by atoms with Gasteiger partial charge in [-0.2, -0.15) is 0 Å². The van der Waals surface area contributed by atoms with Gasteiger partial charge >= 0.3 is 0 Å². The third-order valence-corrected chi connectivity index (χ3v) is 2.14. The Morgan fingerprint density at radius 1 is 1.55 bits per heavy atom. The molecule has 11 heavy (non-hydrogen) atoms. The second-order valence-corrected chi connectivity index (χ2v) is 3.85. The van der Waals surface area contributed by atoms with Crippen molar-refractivity contribution in [2.24, 2.45) is 0 Å². The molecule has 0 aromatic rings. The van der Waals surface area contributed by atoms with E-state index in [0.717, 1.165) is 13.0 Å². The van der Waals surface area contributed by atoms with E-state index in [1.807, 2.05) is 0 Å². The summed E-state index contributed by atoms with van der Waals surface area (Å²) in [5.41, 5.74) is 0.0709. The lowest BCUT2D eigenvalue weighted by Crippen LogP contribution is -2.37. The maximum atomic E-state index is 5.79. The van der Waals surface area contributed by atoms with Crippen molar-refractivity contribution in [1.82, 2.24) is 0 Å². The summed E-state index contributed by atoms with van der Waals surface area (Å²) in [7, 11) is 1.73. The molecule has 1 fully saturated rings. The Labute approximate surface area is 68.9 Å². The standard InChI is InChI=1S/C9H18O2/c1-9(2)6-4-5-8(11-9)7-10-3/h8H,4-7H2,1-3H3. The normalized spacial score (nSPS) is 30.3. The molecule has 0 aromatic heterocycles. The third kappa shape index (κ3) is 2.80. The number of methoxy groups -OCH3 is 1. The molecule has 1 saturated heterocycles. The number of rotatable bonds is 2. The summed E-state index contributed by atoms with van der Waals surface area (Å²) in [4.78, 5) is 0. The first-order chi connectivity index (χ1) is 5.14. The molecule has 2 heteroatoms. The van der Waals surface area contributed by atoms with E-state index < -0.39 is 0 Å². The Morgan fingerprint density at radius 3 is 2.82 bits per heavy atom. The molecule has 0 radical (unpaired) electrons. The summed E-state index contributed by atoms with van der Waals surface area (Å²) >= 11 is 0. The van der Waals surface area contributed by atoms with Crippen LogP contribution in [0, 0.1) is 0 Å². The van der Waals surface area contributed by atoms with Gasteiger partial charge in [-0.3, -0.25) is 0 Å². The molecule has 0 spiro atoms. The van der Waals surface area contributed by atoms with E-state index in [0.29, 0.717) is 6.10 Å². The quantitative estimate of drug-likeness (QED) is 0.611. The number of hydrogen-bond acceptors (Lipinski definition) is 2. The smallest absolute Gasteiger partial charge is 0.0815 e. The highest BCUT2D eigenvalue weighted by Gasteiger charge is 2.27. The zero-order valence-electron chi connectivity index (χ0n) is 7.72. The van der Waals surface area contributed by atoms with E-state index in [-0.39, 0.29) is 5.60 Å². The second-order valence-electron chi connectivity index (χ2n) is 3.85. The van der Waals surface area contributed by atoms with E-state index in [1.54, 1.807) is 7.11 Å². The van der Waals surface area contributed by atoms with Crippen LogP contribution in [0.15, 0.2) is 0 Å². The fraction of sp³-hybridized carbons (Fsp3) is 1.00. The minimum absolute atomic E-state index is 0.0709. The van der Waals surface area contributed by atoms with Gasteiger partial charge in [-0.05, 0) is 33.1 Å². The molecule has 0 aromatic carbocycles. The van der Waals surface area contributed by atoms with E-state index in [2.05, 4.69) is 13.8 Å². The van der Waals surface area contributed by atoms with Gasteiger partial charge < -0.3 is 9.47 Å². The number of ether oxygens (including phenoxy) is 2. The zero-order valence-corrected chi connectivity index (χ0v) is 7.72. The predicted octanol–water partition coefficient (Wildman–Crippen LogP) is 1.98. The first-order valence-electron chi connectivity index (χ1n) is 4.31. The monoisotopic (exact) mass is 158 g/mol. The van der Waals surface area contributed by atoms with Crippen LogP contribution in [0.2, 0.25) is 0 Å². The molecule has 0 aliphatic carbocycles. The molecule has 0 amide bonds. The highest BCUT2D eigenvalue weighted by atomic mass is 16.5. The summed E-state index contributed by atoms with van der Waals surface area (Å²) in [6.07, 6.45) is 3.91. The summed E-state index contributed by atoms with van der Waals surface area (Å²) in [5.74, 6) is 0. The van der Waals surface area contributed by atoms with Gasteiger partial charge in [0.15, 0.2) is 0 Å².